The first-order chi connectivity index (χ1) is 7.43. The molecule has 4 saturated carbocycles. The molecule has 4 bridgehead atoms. The van der Waals surface area contributed by atoms with Gasteiger partial charge in [0.2, 0.25) is 0 Å². The van der Waals surface area contributed by atoms with Gasteiger partial charge in [-0.3, -0.25) is 4.79 Å². The molecule has 0 aromatic heterocycles. The summed E-state index contributed by atoms with van der Waals surface area (Å²) in [4.78, 5) is 10.8. The lowest BCUT2D eigenvalue weighted by Gasteiger charge is -2.60. The maximum atomic E-state index is 14.3. The molecule has 0 aromatic rings. The highest BCUT2D eigenvalue weighted by molar-refractivity contribution is 5.68. The predicted octanol–water partition coefficient (Wildman–Crippen LogP) is 2.92. The predicted molar refractivity (Wildman–Crippen MR) is 53.2 cm³/mol. The number of halogens is 2. The smallest absolute Gasteiger partial charge is 0.304 e. The summed E-state index contributed by atoms with van der Waals surface area (Å²) in [7, 11) is 0. The Hall–Kier alpha value is -0.670. The molecule has 4 aliphatic rings. The zero-order valence-corrected chi connectivity index (χ0v) is 9.09. The third kappa shape index (κ3) is 1.19. The van der Waals surface area contributed by atoms with E-state index in [0.29, 0.717) is 37.5 Å². The summed E-state index contributed by atoms with van der Waals surface area (Å²) in [6.45, 7) is 0. The molecule has 1 N–H and O–H groups in total. The molecule has 2 atom stereocenters. The van der Waals surface area contributed by atoms with Crippen LogP contribution in [-0.2, 0) is 4.79 Å². The van der Waals surface area contributed by atoms with Crippen molar-refractivity contribution in [3.8, 4) is 0 Å². The van der Waals surface area contributed by atoms with Gasteiger partial charge < -0.3 is 5.11 Å². The van der Waals surface area contributed by atoms with Crippen LogP contribution >= 0.6 is 0 Å². The van der Waals surface area contributed by atoms with Gasteiger partial charge in [0.25, 0.3) is 5.92 Å². The van der Waals surface area contributed by atoms with E-state index in [9.17, 15) is 13.6 Å². The summed E-state index contributed by atoms with van der Waals surface area (Å²) in [6, 6.07) is 0. The van der Waals surface area contributed by atoms with E-state index in [0.717, 1.165) is 6.42 Å². The van der Waals surface area contributed by atoms with Gasteiger partial charge in [0, 0.05) is 11.3 Å². The van der Waals surface area contributed by atoms with Crippen molar-refractivity contribution in [1.29, 1.82) is 0 Å². The van der Waals surface area contributed by atoms with Crippen LogP contribution in [0, 0.1) is 23.2 Å². The topological polar surface area (TPSA) is 37.3 Å². The van der Waals surface area contributed by atoms with Crippen molar-refractivity contribution >= 4 is 5.97 Å². The van der Waals surface area contributed by atoms with Gasteiger partial charge in [-0.25, -0.2) is 8.78 Å². The van der Waals surface area contributed by atoms with Crippen molar-refractivity contribution in [3.05, 3.63) is 0 Å². The quantitative estimate of drug-likeness (QED) is 0.792. The summed E-state index contributed by atoms with van der Waals surface area (Å²) < 4.78 is 28.5. The lowest BCUT2D eigenvalue weighted by molar-refractivity contribution is -0.258. The van der Waals surface area contributed by atoms with Crippen molar-refractivity contribution in [2.45, 2.75) is 44.4 Å². The average Bonchev–Trinajstić information content (AvgIpc) is 2.12. The van der Waals surface area contributed by atoms with Gasteiger partial charge in [-0.15, -0.1) is 0 Å². The van der Waals surface area contributed by atoms with Crippen molar-refractivity contribution in [1.82, 2.24) is 0 Å². The molecule has 0 saturated heterocycles. The second-order valence-corrected chi connectivity index (χ2v) is 6.02. The standard InChI is InChI=1S/C12H16F2O2/c13-12(14)9-2-7-1-8(3-9)5-11(12,4-7)6-10(15)16/h7-9H,1-6H2,(H,15,16)/t7-,8-,9?,11?/m0/s1. The summed E-state index contributed by atoms with van der Waals surface area (Å²) in [5.74, 6) is -3.65. The molecule has 0 spiro atoms. The molecule has 0 amide bonds. The largest absolute Gasteiger partial charge is 0.481 e. The van der Waals surface area contributed by atoms with Gasteiger partial charge in [0.05, 0.1) is 6.42 Å². The highest BCUT2D eigenvalue weighted by Crippen LogP contribution is 2.67. The van der Waals surface area contributed by atoms with Crippen LogP contribution in [0.25, 0.3) is 0 Å². The van der Waals surface area contributed by atoms with Crippen LogP contribution in [0.1, 0.15) is 38.5 Å². The van der Waals surface area contributed by atoms with E-state index in [2.05, 4.69) is 0 Å². The first-order valence-electron chi connectivity index (χ1n) is 6.02. The van der Waals surface area contributed by atoms with E-state index in [4.69, 9.17) is 5.11 Å². The number of aliphatic carboxylic acids is 1. The molecular formula is C12H16F2O2. The Morgan fingerprint density at radius 3 is 2.25 bits per heavy atom. The molecule has 90 valence electrons. The molecule has 0 unspecified atom stereocenters. The number of hydrogen-bond acceptors (Lipinski definition) is 1. The molecule has 0 aliphatic heterocycles. The van der Waals surface area contributed by atoms with Crippen LogP contribution < -0.4 is 0 Å². The Bertz CT molecular complexity index is 326. The molecule has 4 heteroatoms. The minimum Gasteiger partial charge on any atom is -0.481 e. The van der Waals surface area contributed by atoms with Crippen LogP contribution in [0.5, 0.6) is 0 Å². The second kappa shape index (κ2) is 2.96. The van der Waals surface area contributed by atoms with E-state index in [-0.39, 0.29) is 6.42 Å². The van der Waals surface area contributed by atoms with E-state index >= 15 is 0 Å². The molecule has 2 nitrogen and oxygen atoms in total. The minimum atomic E-state index is -2.75. The molecule has 0 aromatic carbocycles. The van der Waals surface area contributed by atoms with E-state index in [1.54, 1.807) is 0 Å². The van der Waals surface area contributed by atoms with Gasteiger partial charge >= 0.3 is 5.97 Å². The lowest BCUT2D eigenvalue weighted by Crippen LogP contribution is -2.60. The first kappa shape index (κ1) is 10.5. The number of rotatable bonds is 2. The number of hydrogen-bond donors (Lipinski definition) is 1. The SMILES string of the molecule is O=C(O)CC12C[C@@H]3CC(C[C@H](C3)C1)C2(F)F. The normalized spacial score (nSPS) is 48.2. The first-order valence-corrected chi connectivity index (χ1v) is 6.02. The van der Waals surface area contributed by atoms with Crippen LogP contribution in [-0.4, -0.2) is 17.0 Å². The summed E-state index contributed by atoms with van der Waals surface area (Å²) in [6.07, 6.45) is 2.80. The van der Waals surface area contributed by atoms with E-state index < -0.39 is 23.2 Å². The van der Waals surface area contributed by atoms with Crippen LogP contribution in [0.2, 0.25) is 0 Å². The maximum Gasteiger partial charge on any atom is 0.304 e. The second-order valence-electron chi connectivity index (χ2n) is 6.02. The Kier molecular flexibility index (Phi) is 1.94. The monoisotopic (exact) mass is 230 g/mol. The van der Waals surface area contributed by atoms with E-state index in [1.165, 1.54) is 0 Å². The Labute approximate surface area is 93.0 Å². The van der Waals surface area contributed by atoms with Gasteiger partial charge in [-0.05, 0) is 43.9 Å². The summed E-state index contributed by atoms with van der Waals surface area (Å²) in [5.41, 5.74) is -1.21. The fourth-order valence-corrected chi connectivity index (χ4v) is 4.64. The van der Waals surface area contributed by atoms with Crippen molar-refractivity contribution < 1.29 is 18.7 Å². The molecule has 4 fully saturated rings. The Balaban J connectivity index is 1.98. The number of carboxylic acid groups (broad SMARTS) is 1. The minimum absolute atomic E-state index is 0.344. The average molecular weight is 230 g/mol. The van der Waals surface area contributed by atoms with Gasteiger partial charge in [-0.1, -0.05) is 0 Å². The zero-order valence-electron chi connectivity index (χ0n) is 9.09. The Morgan fingerprint density at radius 1 is 1.19 bits per heavy atom. The lowest BCUT2D eigenvalue weighted by atomic mass is 9.47. The molecule has 4 aliphatic carbocycles. The molecular weight excluding hydrogens is 214 g/mol. The molecule has 0 heterocycles. The number of carboxylic acids is 1. The fraction of sp³-hybridized carbons (Fsp3) is 0.917. The van der Waals surface area contributed by atoms with Gasteiger partial charge in [-0.2, -0.15) is 0 Å². The molecule has 16 heavy (non-hydrogen) atoms. The number of alkyl halides is 2. The molecule has 0 radical (unpaired) electrons. The zero-order chi connectivity index (χ0) is 11.6. The van der Waals surface area contributed by atoms with Crippen LogP contribution in [0.4, 0.5) is 8.78 Å². The van der Waals surface area contributed by atoms with E-state index in [1.807, 2.05) is 0 Å². The van der Waals surface area contributed by atoms with Gasteiger partial charge in [0.15, 0.2) is 0 Å². The number of carbonyl (C=O) groups is 1. The highest BCUT2D eigenvalue weighted by Gasteiger charge is 2.67. The third-order valence-corrected chi connectivity index (χ3v) is 4.97. The van der Waals surface area contributed by atoms with Crippen molar-refractivity contribution in [2.24, 2.45) is 23.2 Å². The third-order valence-electron chi connectivity index (χ3n) is 4.97. The Morgan fingerprint density at radius 2 is 1.75 bits per heavy atom. The maximum absolute atomic E-state index is 14.3. The summed E-state index contributed by atoms with van der Waals surface area (Å²) >= 11 is 0. The van der Waals surface area contributed by atoms with Crippen molar-refractivity contribution in [2.75, 3.05) is 0 Å². The summed E-state index contributed by atoms with van der Waals surface area (Å²) in [5, 5.41) is 8.87. The van der Waals surface area contributed by atoms with Crippen LogP contribution in [0.3, 0.4) is 0 Å². The van der Waals surface area contributed by atoms with Crippen molar-refractivity contribution in [3.63, 3.8) is 0 Å². The van der Waals surface area contributed by atoms with Crippen LogP contribution in [0.15, 0.2) is 0 Å². The fourth-order valence-electron chi connectivity index (χ4n) is 4.64. The molecule has 4 rings (SSSR count). The highest BCUT2D eigenvalue weighted by atomic mass is 19.3. The van der Waals surface area contributed by atoms with Gasteiger partial charge in [0.1, 0.15) is 0 Å².